The number of hydrogen-bond acceptors (Lipinski definition) is 3. The molecule has 0 spiro atoms. The molecule has 38 heavy (non-hydrogen) atoms. The zero-order valence-electron chi connectivity index (χ0n) is 24.0. The fourth-order valence-corrected chi connectivity index (χ4v) is 5.06. The van der Waals surface area contributed by atoms with Gasteiger partial charge in [-0.1, -0.05) is 115 Å². The maximum atomic E-state index is 13.0. The van der Waals surface area contributed by atoms with Crippen LogP contribution in [0.4, 0.5) is 5.95 Å². The van der Waals surface area contributed by atoms with Crippen molar-refractivity contribution in [2.45, 2.75) is 116 Å². The van der Waals surface area contributed by atoms with E-state index in [-0.39, 0.29) is 5.91 Å². The highest BCUT2D eigenvalue weighted by Crippen LogP contribution is 2.21. The molecule has 0 aliphatic heterocycles. The van der Waals surface area contributed by atoms with Gasteiger partial charge in [0, 0.05) is 7.05 Å². The number of para-hydroxylation sites is 2. The van der Waals surface area contributed by atoms with Gasteiger partial charge < -0.3 is 9.30 Å². The maximum Gasteiger partial charge on any atom is 0.267 e. The van der Waals surface area contributed by atoms with Crippen molar-refractivity contribution in [1.82, 2.24) is 9.55 Å². The van der Waals surface area contributed by atoms with E-state index in [9.17, 15) is 4.79 Å². The molecule has 0 radical (unpaired) electrons. The Kier molecular flexibility index (Phi) is 13.2. The minimum atomic E-state index is -0.568. The first-order valence-corrected chi connectivity index (χ1v) is 15.1. The number of rotatable bonds is 19. The maximum absolute atomic E-state index is 13.0. The Morgan fingerprint density at radius 2 is 1.47 bits per heavy atom. The van der Waals surface area contributed by atoms with Crippen LogP contribution in [-0.4, -0.2) is 21.6 Å². The van der Waals surface area contributed by atoms with Gasteiger partial charge in [-0.2, -0.15) is 0 Å². The summed E-state index contributed by atoms with van der Waals surface area (Å²) in [5.41, 5.74) is 3.12. The number of benzene rings is 2. The predicted molar refractivity (Wildman–Crippen MR) is 160 cm³/mol. The Hall–Kier alpha value is -2.82. The number of aromatic nitrogens is 2. The summed E-state index contributed by atoms with van der Waals surface area (Å²) in [4.78, 5) is 17.5. The number of imidazole rings is 1. The SMILES string of the molecule is CCCCCCCCCCCCCCCc1cccc(OC(CC)C(=O)Nc2nc3ccccc3n2C)c1. The van der Waals surface area contributed by atoms with Crippen molar-refractivity contribution in [3.8, 4) is 5.75 Å². The molecule has 0 saturated heterocycles. The largest absolute Gasteiger partial charge is 0.481 e. The number of nitrogens with zero attached hydrogens (tertiary/aromatic N) is 2. The molecule has 1 N–H and O–H groups in total. The summed E-state index contributed by atoms with van der Waals surface area (Å²) < 4.78 is 8.02. The van der Waals surface area contributed by atoms with Gasteiger partial charge in [-0.15, -0.1) is 0 Å². The molecule has 1 atom stereocenters. The fourth-order valence-electron chi connectivity index (χ4n) is 5.06. The standard InChI is InChI=1S/C33H49N3O2/c1-4-6-7-8-9-10-11-12-13-14-15-16-17-21-27-22-20-23-28(26-27)38-31(5-2)32(37)35-33-34-29-24-18-19-25-30(29)36(33)3/h18-20,22-26,31H,4-17,21H2,1-3H3,(H,34,35,37). The van der Waals surface area contributed by atoms with Crippen LogP contribution in [0.25, 0.3) is 11.0 Å². The van der Waals surface area contributed by atoms with Crippen LogP contribution in [0, 0.1) is 0 Å². The first-order chi connectivity index (χ1) is 18.6. The molecule has 0 aliphatic carbocycles. The molecule has 1 unspecified atom stereocenters. The van der Waals surface area contributed by atoms with E-state index in [4.69, 9.17) is 4.74 Å². The normalized spacial score (nSPS) is 12.1. The lowest BCUT2D eigenvalue weighted by Crippen LogP contribution is -2.33. The van der Waals surface area contributed by atoms with E-state index >= 15 is 0 Å². The lowest BCUT2D eigenvalue weighted by molar-refractivity contribution is -0.122. The summed E-state index contributed by atoms with van der Waals surface area (Å²) >= 11 is 0. The van der Waals surface area contributed by atoms with Crippen LogP contribution in [0.1, 0.15) is 109 Å². The molecule has 208 valence electrons. The molecule has 3 rings (SSSR count). The smallest absolute Gasteiger partial charge is 0.267 e. The fraction of sp³-hybridized carbons (Fsp3) is 0.576. The van der Waals surface area contributed by atoms with Crippen molar-refractivity contribution >= 4 is 22.9 Å². The van der Waals surface area contributed by atoms with Gasteiger partial charge in [-0.3, -0.25) is 10.1 Å². The van der Waals surface area contributed by atoms with Crippen molar-refractivity contribution in [2.24, 2.45) is 7.05 Å². The zero-order chi connectivity index (χ0) is 27.0. The van der Waals surface area contributed by atoms with E-state index in [1.807, 2.05) is 54.9 Å². The second kappa shape index (κ2) is 16.9. The molecule has 1 heterocycles. The molecular formula is C33H49N3O2. The number of aryl methyl sites for hydroxylation is 2. The van der Waals surface area contributed by atoms with Gasteiger partial charge in [0.05, 0.1) is 11.0 Å². The van der Waals surface area contributed by atoms with E-state index in [2.05, 4.69) is 29.4 Å². The summed E-state index contributed by atoms with van der Waals surface area (Å²) in [5, 5.41) is 2.95. The highest BCUT2D eigenvalue weighted by Gasteiger charge is 2.21. The minimum absolute atomic E-state index is 0.173. The summed E-state index contributed by atoms with van der Waals surface area (Å²) in [6, 6.07) is 16.1. The van der Waals surface area contributed by atoms with E-state index in [0.717, 1.165) is 23.2 Å². The predicted octanol–water partition coefficient (Wildman–Crippen LogP) is 9.00. The second-order valence-corrected chi connectivity index (χ2v) is 10.6. The van der Waals surface area contributed by atoms with E-state index < -0.39 is 6.10 Å². The van der Waals surface area contributed by atoms with Gasteiger partial charge in [-0.25, -0.2) is 4.98 Å². The summed E-state index contributed by atoms with van der Waals surface area (Å²) in [5.74, 6) is 1.12. The van der Waals surface area contributed by atoms with Gasteiger partial charge in [0.25, 0.3) is 5.91 Å². The third-order valence-electron chi connectivity index (χ3n) is 7.43. The van der Waals surface area contributed by atoms with Crippen molar-refractivity contribution in [3.05, 3.63) is 54.1 Å². The number of carbonyl (C=O) groups excluding carboxylic acids is 1. The third kappa shape index (κ3) is 9.81. The quantitative estimate of drug-likeness (QED) is 0.161. The van der Waals surface area contributed by atoms with Gasteiger partial charge in [0.15, 0.2) is 6.10 Å². The zero-order valence-corrected chi connectivity index (χ0v) is 24.0. The Morgan fingerprint density at radius 1 is 0.842 bits per heavy atom. The van der Waals surface area contributed by atoms with Crippen molar-refractivity contribution in [3.63, 3.8) is 0 Å². The molecule has 0 fully saturated rings. The molecular weight excluding hydrogens is 470 g/mol. The Morgan fingerprint density at radius 3 is 2.11 bits per heavy atom. The molecule has 2 aromatic carbocycles. The van der Waals surface area contributed by atoms with Crippen LogP contribution in [0.5, 0.6) is 5.75 Å². The number of unbranched alkanes of at least 4 members (excludes halogenated alkanes) is 12. The van der Waals surface area contributed by atoms with Crippen LogP contribution in [0.3, 0.4) is 0 Å². The number of hydrogen-bond donors (Lipinski definition) is 1. The van der Waals surface area contributed by atoms with E-state index in [0.29, 0.717) is 12.4 Å². The average Bonchev–Trinajstić information content (AvgIpc) is 3.25. The van der Waals surface area contributed by atoms with Gasteiger partial charge in [-0.05, 0) is 49.1 Å². The molecule has 5 nitrogen and oxygen atoms in total. The summed E-state index contributed by atoms with van der Waals surface area (Å²) in [6.07, 6.45) is 18.8. The van der Waals surface area contributed by atoms with E-state index in [1.165, 1.54) is 89.0 Å². The molecule has 0 saturated carbocycles. The number of carbonyl (C=O) groups is 1. The number of ether oxygens (including phenoxy) is 1. The number of nitrogens with one attached hydrogen (secondary N) is 1. The van der Waals surface area contributed by atoms with Crippen molar-refractivity contribution in [2.75, 3.05) is 5.32 Å². The third-order valence-corrected chi connectivity index (χ3v) is 7.43. The molecule has 1 amide bonds. The average molecular weight is 520 g/mol. The van der Waals surface area contributed by atoms with Crippen molar-refractivity contribution in [1.29, 1.82) is 0 Å². The first-order valence-electron chi connectivity index (χ1n) is 15.1. The van der Waals surface area contributed by atoms with Crippen LogP contribution in [0.15, 0.2) is 48.5 Å². The Bertz CT molecular complexity index is 1090. The van der Waals surface area contributed by atoms with Gasteiger partial charge >= 0.3 is 0 Å². The molecule has 5 heteroatoms. The Labute approximate surface area is 230 Å². The van der Waals surface area contributed by atoms with Gasteiger partial charge in [0.1, 0.15) is 5.75 Å². The summed E-state index contributed by atoms with van der Waals surface area (Å²) in [6.45, 7) is 4.25. The number of amides is 1. The van der Waals surface area contributed by atoms with Crippen LogP contribution in [-0.2, 0) is 18.3 Å². The van der Waals surface area contributed by atoms with Crippen molar-refractivity contribution < 1.29 is 9.53 Å². The van der Waals surface area contributed by atoms with Gasteiger partial charge in [0.2, 0.25) is 5.95 Å². The molecule has 3 aromatic rings. The summed E-state index contributed by atoms with van der Waals surface area (Å²) in [7, 11) is 1.91. The lowest BCUT2D eigenvalue weighted by Gasteiger charge is -2.17. The first kappa shape index (κ1) is 29.7. The van der Waals surface area contributed by atoms with Crippen LogP contribution in [0.2, 0.25) is 0 Å². The monoisotopic (exact) mass is 519 g/mol. The van der Waals surface area contributed by atoms with Crippen LogP contribution >= 0.6 is 0 Å². The lowest BCUT2D eigenvalue weighted by atomic mass is 10.0. The number of fused-ring (bicyclic) bond motifs is 1. The minimum Gasteiger partial charge on any atom is -0.481 e. The second-order valence-electron chi connectivity index (χ2n) is 10.6. The topological polar surface area (TPSA) is 56.1 Å². The number of anilines is 1. The highest BCUT2D eigenvalue weighted by molar-refractivity contribution is 5.94. The van der Waals surface area contributed by atoms with E-state index in [1.54, 1.807) is 0 Å². The Balaban J connectivity index is 1.34. The molecule has 0 bridgehead atoms. The van der Waals surface area contributed by atoms with Crippen LogP contribution < -0.4 is 10.1 Å². The highest BCUT2D eigenvalue weighted by atomic mass is 16.5. The molecule has 1 aromatic heterocycles. The molecule has 0 aliphatic rings.